The minimum atomic E-state index is -0.212. The summed E-state index contributed by atoms with van der Waals surface area (Å²) in [5.74, 6) is 0.208. The molecule has 2 atom stereocenters. The van der Waals surface area contributed by atoms with Gasteiger partial charge in [-0.3, -0.25) is 4.39 Å². The Morgan fingerprint density at radius 2 is 2.33 bits per heavy atom. The van der Waals surface area contributed by atoms with Crippen molar-refractivity contribution in [2.75, 3.05) is 13.2 Å². The molecule has 0 aromatic heterocycles. The Morgan fingerprint density at radius 1 is 1.56 bits per heavy atom. The zero-order valence-electron chi connectivity index (χ0n) is 5.24. The first-order chi connectivity index (χ1) is 4.33. The summed E-state index contributed by atoms with van der Waals surface area (Å²) in [7, 11) is 0. The lowest BCUT2D eigenvalue weighted by Gasteiger charge is -2.23. The maximum atomic E-state index is 11.9. The van der Waals surface area contributed by atoms with Crippen LogP contribution in [0.1, 0.15) is 12.8 Å². The van der Waals surface area contributed by atoms with Crippen molar-refractivity contribution in [3.05, 3.63) is 0 Å². The number of nitrogens with one attached hydrogen (secondary N) is 1. The normalized spacial score (nSPS) is 36.7. The van der Waals surface area contributed by atoms with Gasteiger partial charge in [0.2, 0.25) is 0 Å². The topological polar surface area (TPSA) is 12.0 Å². The number of halogens is 2. The molecular weight excluding hydrogens is 141 g/mol. The van der Waals surface area contributed by atoms with Gasteiger partial charge in [-0.25, -0.2) is 0 Å². The first kappa shape index (κ1) is 7.29. The van der Waals surface area contributed by atoms with Crippen LogP contribution in [0.4, 0.5) is 4.39 Å². The third-order valence-electron chi connectivity index (χ3n) is 1.67. The highest BCUT2D eigenvalue weighted by Gasteiger charge is 2.17. The second-order valence-electron chi connectivity index (χ2n) is 2.47. The van der Waals surface area contributed by atoms with Gasteiger partial charge in [0.05, 0.1) is 12.2 Å². The molecule has 9 heavy (non-hydrogen) atoms. The van der Waals surface area contributed by atoms with Gasteiger partial charge >= 0.3 is 0 Å². The van der Waals surface area contributed by atoms with Gasteiger partial charge in [0.1, 0.15) is 0 Å². The van der Waals surface area contributed by atoms with E-state index in [1.54, 1.807) is 0 Å². The van der Waals surface area contributed by atoms with Crippen LogP contribution < -0.4 is 5.32 Å². The van der Waals surface area contributed by atoms with E-state index < -0.39 is 0 Å². The number of alkyl halides is 2. The van der Waals surface area contributed by atoms with Gasteiger partial charge in [-0.05, 0) is 18.8 Å². The molecule has 54 valence electrons. The molecule has 1 fully saturated rings. The Labute approximate surface area is 59.6 Å². The zero-order valence-corrected chi connectivity index (χ0v) is 5.99. The maximum Gasteiger partial charge on any atom is 0.0934 e. The summed E-state index contributed by atoms with van der Waals surface area (Å²) in [6.45, 7) is 0.529. The Bertz CT molecular complexity index is 81.1. The molecule has 0 radical (unpaired) electrons. The third-order valence-corrected chi connectivity index (χ3v) is 2.05. The molecule has 0 spiro atoms. The number of hydrogen-bond acceptors (Lipinski definition) is 1. The van der Waals surface area contributed by atoms with Crippen molar-refractivity contribution < 1.29 is 4.39 Å². The van der Waals surface area contributed by atoms with E-state index in [1.165, 1.54) is 0 Å². The predicted molar refractivity (Wildman–Crippen MR) is 36.3 cm³/mol. The number of rotatable bonds is 1. The monoisotopic (exact) mass is 151 g/mol. The molecule has 2 unspecified atom stereocenters. The van der Waals surface area contributed by atoms with Crippen LogP contribution >= 0.6 is 11.6 Å². The van der Waals surface area contributed by atoms with E-state index in [4.69, 9.17) is 11.6 Å². The lowest BCUT2D eigenvalue weighted by atomic mass is 10.0. The van der Waals surface area contributed by atoms with Crippen LogP contribution in [-0.4, -0.2) is 18.7 Å². The Kier molecular flexibility index (Phi) is 2.73. The Balaban J connectivity index is 2.18. The molecule has 1 aliphatic rings. The van der Waals surface area contributed by atoms with Crippen molar-refractivity contribution in [2.45, 2.75) is 18.3 Å². The van der Waals surface area contributed by atoms with Gasteiger partial charge in [-0.15, -0.1) is 11.6 Å². The fourth-order valence-electron chi connectivity index (χ4n) is 1.01. The lowest BCUT2D eigenvalue weighted by Crippen LogP contribution is -2.36. The van der Waals surface area contributed by atoms with E-state index in [-0.39, 0.29) is 18.1 Å². The molecule has 0 saturated carbocycles. The molecule has 1 aliphatic heterocycles. The standard InChI is InChI=1S/C6H11ClFN/c7-6-2-1-5(3-8)4-9-6/h5-6,9H,1-4H2. The van der Waals surface area contributed by atoms with Crippen molar-refractivity contribution in [3.63, 3.8) is 0 Å². The molecule has 0 amide bonds. The van der Waals surface area contributed by atoms with E-state index in [0.29, 0.717) is 0 Å². The van der Waals surface area contributed by atoms with Crippen LogP contribution in [0.25, 0.3) is 0 Å². The van der Waals surface area contributed by atoms with Crippen LogP contribution in [0.15, 0.2) is 0 Å². The Hall–Kier alpha value is 0.180. The van der Waals surface area contributed by atoms with E-state index >= 15 is 0 Å². The zero-order chi connectivity index (χ0) is 6.69. The highest BCUT2D eigenvalue weighted by atomic mass is 35.5. The fraction of sp³-hybridized carbons (Fsp3) is 1.00. The summed E-state index contributed by atoms with van der Waals surface area (Å²) >= 11 is 5.71. The highest BCUT2D eigenvalue weighted by Crippen LogP contribution is 2.16. The number of hydrogen-bond donors (Lipinski definition) is 1. The molecule has 0 aliphatic carbocycles. The van der Waals surface area contributed by atoms with Crippen molar-refractivity contribution in [1.29, 1.82) is 0 Å². The second-order valence-corrected chi connectivity index (χ2v) is 3.00. The smallest absolute Gasteiger partial charge is 0.0934 e. The Morgan fingerprint density at radius 3 is 2.78 bits per heavy atom. The lowest BCUT2D eigenvalue weighted by molar-refractivity contribution is 0.285. The van der Waals surface area contributed by atoms with Gasteiger partial charge in [0, 0.05) is 6.54 Å². The van der Waals surface area contributed by atoms with E-state index in [2.05, 4.69) is 5.32 Å². The molecule has 1 heterocycles. The summed E-state index contributed by atoms with van der Waals surface area (Å²) < 4.78 is 11.9. The number of piperidine rings is 1. The summed E-state index contributed by atoms with van der Waals surface area (Å²) in [5, 5.41) is 3.01. The minimum absolute atomic E-state index is 0.0767. The molecular formula is C6H11ClFN. The summed E-state index contributed by atoms with van der Waals surface area (Å²) in [6.07, 6.45) is 1.83. The van der Waals surface area contributed by atoms with Gasteiger partial charge < -0.3 is 5.32 Å². The molecule has 0 bridgehead atoms. The highest BCUT2D eigenvalue weighted by molar-refractivity contribution is 6.20. The van der Waals surface area contributed by atoms with E-state index in [9.17, 15) is 4.39 Å². The second kappa shape index (κ2) is 3.37. The van der Waals surface area contributed by atoms with Crippen LogP contribution in [0.3, 0.4) is 0 Å². The van der Waals surface area contributed by atoms with Crippen molar-refractivity contribution in [3.8, 4) is 0 Å². The predicted octanol–water partition coefficient (Wildman–Crippen LogP) is 1.52. The van der Waals surface area contributed by atoms with Crippen LogP contribution in [-0.2, 0) is 0 Å². The molecule has 1 saturated heterocycles. The third kappa shape index (κ3) is 2.11. The first-order valence-electron chi connectivity index (χ1n) is 3.26. The summed E-state index contributed by atoms with van der Waals surface area (Å²) in [4.78, 5) is 0. The summed E-state index contributed by atoms with van der Waals surface area (Å²) in [6, 6.07) is 0. The van der Waals surface area contributed by atoms with E-state index in [0.717, 1.165) is 19.4 Å². The molecule has 1 rings (SSSR count). The molecule has 0 aromatic carbocycles. The molecule has 0 aromatic rings. The molecule has 3 heteroatoms. The van der Waals surface area contributed by atoms with Crippen molar-refractivity contribution in [1.82, 2.24) is 5.32 Å². The van der Waals surface area contributed by atoms with Gasteiger partial charge in [-0.1, -0.05) is 0 Å². The maximum absolute atomic E-state index is 11.9. The van der Waals surface area contributed by atoms with E-state index in [1.807, 2.05) is 0 Å². The molecule has 1 nitrogen and oxygen atoms in total. The van der Waals surface area contributed by atoms with Crippen LogP contribution in [0.2, 0.25) is 0 Å². The quantitative estimate of drug-likeness (QED) is 0.443. The van der Waals surface area contributed by atoms with Gasteiger partial charge in [0.15, 0.2) is 0 Å². The minimum Gasteiger partial charge on any atom is -0.301 e. The van der Waals surface area contributed by atoms with Gasteiger partial charge in [0.25, 0.3) is 0 Å². The van der Waals surface area contributed by atoms with Crippen LogP contribution in [0, 0.1) is 5.92 Å². The largest absolute Gasteiger partial charge is 0.301 e. The van der Waals surface area contributed by atoms with Crippen LogP contribution in [0.5, 0.6) is 0 Å². The average molecular weight is 152 g/mol. The van der Waals surface area contributed by atoms with Gasteiger partial charge in [-0.2, -0.15) is 0 Å². The van der Waals surface area contributed by atoms with Crippen molar-refractivity contribution in [2.24, 2.45) is 5.92 Å². The molecule has 1 N–H and O–H groups in total. The fourth-order valence-corrected chi connectivity index (χ4v) is 1.23. The average Bonchev–Trinajstić information content (AvgIpc) is 1.90. The van der Waals surface area contributed by atoms with Crippen molar-refractivity contribution >= 4 is 11.6 Å². The summed E-state index contributed by atoms with van der Waals surface area (Å²) in [5.41, 5.74) is 0.0767. The first-order valence-corrected chi connectivity index (χ1v) is 3.70. The SMILES string of the molecule is FCC1CCC(Cl)NC1.